The number of anilines is 1. The molecule has 21 heavy (non-hydrogen) atoms. The average molecular weight is 308 g/mol. The fourth-order valence-electron chi connectivity index (χ4n) is 2.49. The molecule has 0 saturated carbocycles. The number of aromatic nitrogens is 3. The molecule has 1 aromatic carbocycles. The monoisotopic (exact) mass is 307 g/mol. The molecule has 112 valence electrons. The maximum atomic E-state index is 6.06. The summed E-state index contributed by atoms with van der Waals surface area (Å²) in [4.78, 5) is 6.75. The van der Waals surface area contributed by atoms with E-state index in [4.69, 9.17) is 16.3 Å². The number of H-pyrrole nitrogens is 1. The summed E-state index contributed by atoms with van der Waals surface area (Å²) in [6, 6.07) is 5.87. The zero-order chi connectivity index (χ0) is 14.8. The van der Waals surface area contributed by atoms with Crippen LogP contribution in [0.2, 0.25) is 5.02 Å². The van der Waals surface area contributed by atoms with Crippen LogP contribution in [0.4, 0.5) is 5.95 Å². The van der Waals surface area contributed by atoms with Crippen LogP contribution in [0.3, 0.4) is 0 Å². The van der Waals surface area contributed by atoms with E-state index in [1.54, 1.807) is 13.2 Å². The molecule has 1 atom stereocenters. The van der Waals surface area contributed by atoms with Gasteiger partial charge in [0.05, 0.1) is 12.7 Å². The van der Waals surface area contributed by atoms with Crippen LogP contribution in [0.5, 0.6) is 5.75 Å². The van der Waals surface area contributed by atoms with E-state index in [1.165, 1.54) is 0 Å². The third kappa shape index (κ3) is 2.96. The van der Waals surface area contributed by atoms with E-state index in [1.807, 2.05) is 12.1 Å². The third-order valence-corrected chi connectivity index (χ3v) is 3.78. The molecule has 0 unspecified atom stereocenters. The third-order valence-electron chi connectivity index (χ3n) is 3.54. The Labute approximate surface area is 128 Å². The highest BCUT2D eigenvalue weighted by atomic mass is 35.5. The minimum Gasteiger partial charge on any atom is -0.496 e. The van der Waals surface area contributed by atoms with Crippen molar-refractivity contribution < 1.29 is 4.74 Å². The van der Waals surface area contributed by atoms with Gasteiger partial charge in [-0.25, -0.2) is 0 Å². The first-order valence-electron chi connectivity index (χ1n) is 6.92. The van der Waals surface area contributed by atoms with Gasteiger partial charge in [0.2, 0.25) is 5.95 Å². The maximum Gasteiger partial charge on any atom is 0.245 e. The molecule has 0 aliphatic carbocycles. The van der Waals surface area contributed by atoms with Crippen LogP contribution >= 0.6 is 11.6 Å². The van der Waals surface area contributed by atoms with Crippen LogP contribution in [0.25, 0.3) is 11.4 Å². The lowest BCUT2D eigenvalue weighted by Crippen LogP contribution is -2.49. The molecule has 0 spiro atoms. The van der Waals surface area contributed by atoms with Crippen molar-refractivity contribution in [2.45, 2.75) is 13.0 Å². The largest absolute Gasteiger partial charge is 0.496 e. The SMILES string of the molecule is COc1ccc(Cl)cc1-c1nc(N2CCN[C@H](C)C2)n[nH]1. The van der Waals surface area contributed by atoms with E-state index in [0.29, 0.717) is 22.8 Å². The Balaban J connectivity index is 1.89. The first-order chi connectivity index (χ1) is 10.2. The molecule has 0 radical (unpaired) electrons. The van der Waals surface area contributed by atoms with Crippen LogP contribution in [0, 0.1) is 0 Å². The van der Waals surface area contributed by atoms with Crippen molar-refractivity contribution in [2.24, 2.45) is 0 Å². The number of nitrogens with zero attached hydrogens (tertiary/aromatic N) is 3. The van der Waals surface area contributed by atoms with Crippen molar-refractivity contribution in [1.29, 1.82) is 0 Å². The second-order valence-corrected chi connectivity index (χ2v) is 5.57. The van der Waals surface area contributed by atoms with Gasteiger partial charge in [0, 0.05) is 30.7 Å². The maximum absolute atomic E-state index is 6.06. The number of rotatable bonds is 3. The van der Waals surface area contributed by atoms with Crippen LogP contribution in [0.15, 0.2) is 18.2 Å². The lowest BCUT2D eigenvalue weighted by atomic mass is 10.2. The van der Waals surface area contributed by atoms with Crippen molar-refractivity contribution in [3.63, 3.8) is 0 Å². The Bertz CT molecular complexity index is 630. The van der Waals surface area contributed by atoms with Gasteiger partial charge in [-0.2, -0.15) is 4.98 Å². The molecule has 2 N–H and O–H groups in total. The molecule has 3 rings (SSSR count). The molecule has 2 aromatic rings. The van der Waals surface area contributed by atoms with E-state index in [-0.39, 0.29) is 0 Å². The molecule has 1 saturated heterocycles. The number of nitrogens with one attached hydrogen (secondary N) is 2. The first kappa shape index (κ1) is 14.2. The number of piperazine rings is 1. The first-order valence-corrected chi connectivity index (χ1v) is 7.30. The minimum atomic E-state index is 0.432. The Morgan fingerprint density at radius 1 is 1.43 bits per heavy atom. The fourth-order valence-corrected chi connectivity index (χ4v) is 2.67. The van der Waals surface area contributed by atoms with E-state index in [2.05, 4.69) is 32.3 Å². The lowest BCUT2D eigenvalue weighted by molar-refractivity contribution is 0.416. The van der Waals surface area contributed by atoms with Gasteiger partial charge in [-0.3, -0.25) is 5.10 Å². The van der Waals surface area contributed by atoms with E-state index in [0.717, 1.165) is 30.9 Å². The summed E-state index contributed by atoms with van der Waals surface area (Å²) in [7, 11) is 1.63. The Hall–Kier alpha value is -1.79. The van der Waals surface area contributed by atoms with Crippen LogP contribution in [0.1, 0.15) is 6.92 Å². The van der Waals surface area contributed by atoms with Gasteiger partial charge in [0.25, 0.3) is 0 Å². The second-order valence-electron chi connectivity index (χ2n) is 5.13. The van der Waals surface area contributed by atoms with Crippen molar-refractivity contribution in [1.82, 2.24) is 20.5 Å². The summed E-state index contributed by atoms with van der Waals surface area (Å²) in [6.45, 7) is 4.88. The summed E-state index contributed by atoms with van der Waals surface area (Å²) < 4.78 is 5.36. The summed E-state index contributed by atoms with van der Waals surface area (Å²) in [5.74, 6) is 2.09. The number of ether oxygens (including phenoxy) is 1. The lowest BCUT2D eigenvalue weighted by Gasteiger charge is -2.30. The highest BCUT2D eigenvalue weighted by Gasteiger charge is 2.20. The normalized spacial score (nSPS) is 18.8. The van der Waals surface area contributed by atoms with Crippen LogP contribution in [-0.2, 0) is 0 Å². The Morgan fingerprint density at radius 2 is 2.29 bits per heavy atom. The highest BCUT2D eigenvalue weighted by Crippen LogP contribution is 2.31. The Morgan fingerprint density at radius 3 is 3.05 bits per heavy atom. The van der Waals surface area contributed by atoms with Gasteiger partial charge in [-0.1, -0.05) is 11.6 Å². The predicted molar refractivity (Wildman–Crippen MR) is 83.1 cm³/mol. The molecule has 1 aliphatic rings. The van der Waals surface area contributed by atoms with Gasteiger partial charge in [0.1, 0.15) is 5.75 Å². The van der Waals surface area contributed by atoms with E-state index < -0.39 is 0 Å². The van der Waals surface area contributed by atoms with Crippen LogP contribution in [-0.4, -0.2) is 48.0 Å². The Kier molecular flexibility index (Phi) is 3.98. The predicted octanol–water partition coefficient (Wildman–Crippen LogP) is 1.93. The number of hydrogen-bond donors (Lipinski definition) is 2. The van der Waals surface area contributed by atoms with E-state index in [9.17, 15) is 0 Å². The number of hydrogen-bond acceptors (Lipinski definition) is 5. The highest BCUT2D eigenvalue weighted by molar-refractivity contribution is 6.30. The van der Waals surface area contributed by atoms with Gasteiger partial charge in [0.15, 0.2) is 5.82 Å². The minimum absolute atomic E-state index is 0.432. The number of methoxy groups -OCH3 is 1. The second kappa shape index (κ2) is 5.91. The van der Waals surface area contributed by atoms with Gasteiger partial charge >= 0.3 is 0 Å². The quantitative estimate of drug-likeness (QED) is 0.907. The molecule has 1 fully saturated rings. The standard InChI is InChI=1S/C14H18ClN5O/c1-9-8-20(6-5-16-9)14-17-13(18-19-14)11-7-10(15)3-4-12(11)21-2/h3-4,7,9,16H,5-6,8H2,1-2H3,(H,17,18,19)/t9-/m1/s1. The molecule has 2 heterocycles. The summed E-state index contributed by atoms with van der Waals surface area (Å²) in [6.07, 6.45) is 0. The summed E-state index contributed by atoms with van der Waals surface area (Å²) >= 11 is 6.06. The molecule has 0 amide bonds. The van der Waals surface area contributed by atoms with Gasteiger partial charge in [-0.15, -0.1) is 5.10 Å². The van der Waals surface area contributed by atoms with E-state index >= 15 is 0 Å². The molecule has 6 nitrogen and oxygen atoms in total. The molecule has 7 heteroatoms. The molecular weight excluding hydrogens is 290 g/mol. The van der Waals surface area contributed by atoms with Crippen molar-refractivity contribution >= 4 is 17.5 Å². The van der Waals surface area contributed by atoms with Crippen molar-refractivity contribution in [2.75, 3.05) is 31.6 Å². The molecule has 0 bridgehead atoms. The topological polar surface area (TPSA) is 66.1 Å². The van der Waals surface area contributed by atoms with Crippen molar-refractivity contribution in [3.05, 3.63) is 23.2 Å². The molecule has 1 aliphatic heterocycles. The summed E-state index contributed by atoms with van der Waals surface area (Å²) in [5, 5.41) is 11.3. The van der Waals surface area contributed by atoms with Crippen LogP contribution < -0.4 is 15.0 Å². The number of halogens is 1. The zero-order valence-electron chi connectivity index (χ0n) is 12.1. The number of benzene rings is 1. The summed E-state index contributed by atoms with van der Waals surface area (Å²) in [5.41, 5.74) is 0.812. The van der Waals surface area contributed by atoms with Crippen molar-refractivity contribution in [3.8, 4) is 17.1 Å². The van der Waals surface area contributed by atoms with Gasteiger partial charge < -0.3 is 15.0 Å². The van der Waals surface area contributed by atoms with Gasteiger partial charge in [-0.05, 0) is 25.1 Å². The zero-order valence-corrected chi connectivity index (χ0v) is 12.8. The smallest absolute Gasteiger partial charge is 0.245 e. The average Bonchev–Trinajstić information content (AvgIpc) is 2.97. The number of aromatic amines is 1. The molecule has 1 aromatic heterocycles. The fraction of sp³-hybridized carbons (Fsp3) is 0.429. The molecular formula is C14H18ClN5O.